The third kappa shape index (κ3) is 4.18. The summed E-state index contributed by atoms with van der Waals surface area (Å²) in [5, 5.41) is 5.69. The fraction of sp³-hybridized carbons (Fsp3) is 0.235. The highest BCUT2D eigenvalue weighted by atomic mass is 32.2. The van der Waals surface area contributed by atoms with E-state index in [1.54, 1.807) is 30.5 Å². The van der Waals surface area contributed by atoms with Gasteiger partial charge >= 0.3 is 6.03 Å². The number of amides is 2. The van der Waals surface area contributed by atoms with Crippen molar-refractivity contribution in [1.29, 1.82) is 0 Å². The van der Waals surface area contributed by atoms with Crippen molar-refractivity contribution in [3.05, 3.63) is 59.7 Å². The van der Waals surface area contributed by atoms with Gasteiger partial charge < -0.3 is 10.6 Å². The molecule has 0 aliphatic heterocycles. The van der Waals surface area contributed by atoms with Gasteiger partial charge in [0.2, 0.25) is 0 Å². The van der Waals surface area contributed by atoms with Gasteiger partial charge in [-0.1, -0.05) is 24.3 Å². The minimum absolute atomic E-state index is 0.0800. The van der Waals surface area contributed by atoms with Crippen molar-refractivity contribution >= 4 is 22.5 Å². The SMILES string of the molecule is Cc1ccccc1C(C)NC(=O)Nc1ccc(S(C)=O)cc1. The molecule has 2 atom stereocenters. The second kappa shape index (κ2) is 7.22. The van der Waals surface area contributed by atoms with Crippen LogP contribution in [0.3, 0.4) is 0 Å². The monoisotopic (exact) mass is 316 g/mol. The number of anilines is 1. The van der Waals surface area contributed by atoms with E-state index in [0.717, 1.165) is 16.0 Å². The van der Waals surface area contributed by atoms with Crippen LogP contribution in [-0.4, -0.2) is 16.5 Å². The first-order valence-corrected chi connectivity index (χ1v) is 8.59. The number of rotatable bonds is 4. The molecule has 0 heterocycles. The molecule has 2 aromatic rings. The van der Waals surface area contributed by atoms with Gasteiger partial charge in [-0.05, 0) is 49.2 Å². The lowest BCUT2D eigenvalue weighted by molar-refractivity contribution is 0.249. The Morgan fingerprint density at radius 3 is 2.32 bits per heavy atom. The molecule has 2 amide bonds. The third-order valence-electron chi connectivity index (χ3n) is 3.45. The van der Waals surface area contributed by atoms with E-state index < -0.39 is 10.8 Å². The van der Waals surface area contributed by atoms with Gasteiger partial charge in [-0.25, -0.2) is 4.79 Å². The van der Waals surface area contributed by atoms with Gasteiger partial charge in [0, 0.05) is 27.6 Å². The number of carbonyl (C=O) groups is 1. The first-order chi connectivity index (χ1) is 10.5. The molecule has 2 rings (SSSR count). The number of carbonyl (C=O) groups excluding carboxylic acids is 1. The van der Waals surface area contributed by atoms with Crippen molar-refractivity contribution < 1.29 is 9.00 Å². The van der Waals surface area contributed by atoms with Crippen molar-refractivity contribution in [3.8, 4) is 0 Å². The zero-order chi connectivity index (χ0) is 16.1. The molecule has 0 radical (unpaired) electrons. The van der Waals surface area contributed by atoms with Crippen molar-refractivity contribution in [2.45, 2.75) is 24.8 Å². The van der Waals surface area contributed by atoms with E-state index in [0.29, 0.717) is 5.69 Å². The molecule has 116 valence electrons. The molecular formula is C17H20N2O2S. The second-order valence-electron chi connectivity index (χ2n) is 5.16. The topological polar surface area (TPSA) is 58.2 Å². The fourth-order valence-corrected chi connectivity index (χ4v) is 2.76. The predicted molar refractivity (Wildman–Crippen MR) is 90.5 cm³/mol. The Labute approximate surface area is 133 Å². The molecule has 0 aliphatic rings. The molecule has 5 heteroatoms. The molecule has 22 heavy (non-hydrogen) atoms. The van der Waals surface area contributed by atoms with Crippen LogP contribution in [0.2, 0.25) is 0 Å². The summed E-state index contributed by atoms with van der Waals surface area (Å²) in [7, 11) is -1.01. The van der Waals surface area contributed by atoms with E-state index in [4.69, 9.17) is 0 Å². The highest BCUT2D eigenvalue weighted by Gasteiger charge is 2.11. The molecular weight excluding hydrogens is 296 g/mol. The summed E-state index contributed by atoms with van der Waals surface area (Å²) in [6.45, 7) is 3.97. The van der Waals surface area contributed by atoms with E-state index in [1.807, 2.05) is 38.1 Å². The summed E-state index contributed by atoms with van der Waals surface area (Å²) >= 11 is 0. The van der Waals surface area contributed by atoms with Gasteiger partial charge in [0.25, 0.3) is 0 Å². The zero-order valence-corrected chi connectivity index (χ0v) is 13.7. The highest BCUT2D eigenvalue weighted by molar-refractivity contribution is 7.84. The summed E-state index contributed by atoms with van der Waals surface area (Å²) < 4.78 is 11.3. The lowest BCUT2D eigenvalue weighted by Gasteiger charge is -2.17. The minimum atomic E-state index is -1.01. The van der Waals surface area contributed by atoms with Crippen LogP contribution in [0.25, 0.3) is 0 Å². The maximum atomic E-state index is 12.0. The number of urea groups is 1. The summed E-state index contributed by atoms with van der Waals surface area (Å²) in [6.07, 6.45) is 1.62. The maximum absolute atomic E-state index is 12.0. The lowest BCUT2D eigenvalue weighted by atomic mass is 10.0. The Kier molecular flexibility index (Phi) is 5.33. The Morgan fingerprint density at radius 1 is 1.09 bits per heavy atom. The first kappa shape index (κ1) is 16.2. The predicted octanol–water partition coefficient (Wildman–Crippen LogP) is 3.62. The first-order valence-electron chi connectivity index (χ1n) is 7.04. The van der Waals surface area contributed by atoms with E-state index in [1.165, 1.54) is 0 Å². The molecule has 2 unspecified atom stereocenters. The molecule has 0 aromatic heterocycles. The third-order valence-corrected chi connectivity index (χ3v) is 4.38. The molecule has 4 nitrogen and oxygen atoms in total. The van der Waals surface area contributed by atoms with Gasteiger partial charge in [-0.2, -0.15) is 0 Å². The molecule has 0 saturated heterocycles. The smallest absolute Gasteiger partial charge is 0.319 e. The van der Waals surface area contributed by atoms with Crippen molar-refractivity contribution in [2.75, 3.05) is 11.6 Å². The second-order valence-corrected chi connectivity index (χ2v) is 6.53. The van der Waals surface area contributed by atoms with Crippen LogP contribution in [-0.2, 0) is 10.8 Å². The fourth-order valence-electron chi connectivity index (χ4n) is 2.24. The van der Waals surface area contributed by atoms with Gasteiger partial charge in [-0.15, -0.1) is 0 Å². The Balaban J connectivity index is 1.98. The highest BCUT2D eigenvalue weighted by Crippen LogP contribution is 2.17. The molecule has 0 fully saturated rings. The zero-order valence-electron chi connectivity index (χ0n) is 12.9. The Bertz CT molecular complexity index is 683. The van der Waals surface area contributed by atoms with Gasteiger partial charge in [0.1, 0.15) is 0 Å². The molecule has 0 bridgehead atoms. The van der Waals surface area contributed by atoms with Crippen LogP contribution in [0.5, 0.6) is 0 Å². The van der Waals surface area contributed by atoms with Crippen LogP contribution in [0.4, 0.5) is 10.5 Å². The molecule has 0 aliphatic carbocycles. The molecule has 0 saturated carbocycles. The minimum Gasteiger partial charge on any atom is -0.331 e. The number of hydrogen-bond acceptors (Lipinski definition) is 2. The van der Waals surface area contributed by atoms with E-state index in [2.05, 4.69) is 10.6 Å². The van der Waals surface area contributed by atoms with Crippen LogP contribution < -0.4 is 10.6 Å². The number of benzene rings is 2. The van der Waals surface area contributed by atoms with Crippen LogP contribution >= 0.6 is 0 Å². The van der Waals surface area contributed by atoms with Crippen molar-refractivity contribution in [3.63, 3.8) is 0 Å². The van der Waals surface area contributed by atoms with Gasteiger partial charge in [0.15, 0.2) is 0 Å². The maximum Gasteiger partial charge on any atom is 0.319 e. The van der Waals surface area contributed by atoms with E-state index >= 15 is 0 Å². The quantitative estimate of drug-likeness (QED) is 0.905. The Morgan fingerprint density at radius 2 is 1.73 bits per heavy atom. The normalized spacial score (nSPS) is 13.2. The van der Waals surface area contributed by atoms with Crippen LogP contribution in [0, 0.1) is 6.92 Å². The largest absolute Gasteiger partial charge is 0.331 e. The van der Waals surface area contributed by atoms with Gasteiger partial charge in [-0.3, -0.25) is 4.21 Å². The van der Waals surface area contributed by atoms with E-state index in [-0.39, 0.29) is 12.1 Å². The van der Waals surface area contributed by atoms with Crippen LogP contribution in [0.1, 0.15) is 24.1 Å². The molecule has 0 spiro atoms. The van der Waals surface area contributed by atoms with Crippen molar-refractivity contribution in [2.24, 2.45) is 0 Å². The summed E-state index contributed by atoms with van der Waals surface area (Å²) in [5.41, 5.74) is 2.91. The lowest BCUT2D eigenvalue weighted by Crippen LogP contribution is -2.31. The Hall–Kier alpha value is -2.14. The van der Waals surface area contributed by atoms with E-state index in [9.17, 15) is 9.00 Å². The summed E-state index contributed by atoms with van der Waals surface area (Å²) in [5.74, 6) is 0. The summed E-state index contributed by atoms with van der Waals surface area (Å²) in [4.78, 5) is 12.8. The average Bonchev–Trinajstić information content (AvgIpc) is 2.48. The molecule has 2 aromatic carbocycles. The standard InChI is InChI=1S/C17H20N2O2S/c1-12-6-4-5-7-16(12)13(2)18-17(20)19-14-8-10-15(11-9-14)22(3)21/h4-11,13H,1-3H3,(H2,18,19,20). The number of aryl methyl sites for hydroxylation is 1. The number of hydrogen-bond donors (Lipinski definition) is 2. The van der Waals surface area contributed by atoms with Crippen molar-refractivity contribution in [1.82, 2.24) is 5.32 Å². The summed E-state index contributed by atoms with van der Waals surface area (Å²) in [6, 6.07) is 14.6. The average molecular weight is 316 g/mol. The van der Waals surface area contributed by atoms with Crippen LogP contribution in [0.15, 0.2) is 53.4 Å². The molecule has 2 N–H and O–H groups in total. The van der Waals surface area contributed by atoms with Gasteiger partial charge in [0.05, 0.1) is 6.04 Å². The number of nitrogens with one attached hydrogen (secondary N) is 2.